The van der Waals surface area contributed by atoms with Crippen LogP contribution >= 0.6 is 11.5 Å². The molecule has 168 valence electrons. The van der Waals surface area contributed by atoms with Crippen LogP contribution in [0.5, 0.6) is 0 Å². The third-order valence-corrected chi connectivity index (χ3v) is 6.05. The van der Waals surface area contributed by atoms with Crippen molar-refractivity contribution in [3.05, 3.63) is 34.7 Å². The molecule has 2 aromatic heterocycles. The maximum atomic E-state index is 13.8. The first-order valence-electron chi connectivity index (χ1n) is 10.3. The molecule has 3 rings (SSSR count). The number of nitrogens with zero attached hydrogens (tertiary/aromatic N) is 2. The Kier molecular flexibility index (Phi) is 6.68. The highest BCUT2D eigenvalue weighted by molar-refractivity contribution is 7.09. The summed E-state index contributed by atoms with van der Waals surface area (Å²) in [5.41, 5.74) is 10.7. The summed E-state index contributed by atoms with van der Waals surface area (Å²) in [6, 6.07) is 2.20. The zero-order valence-corrected chi connectivity index (χ0v) is 18.8. The van der Waals surface area contributed by atoms with Gasteiger partial charge in [0.15, 0.2) is 11.7 Å². The minimum atomic E-state index is -0.983. The first kappa shape index (κ1) is 22.8. The molecule has 2 aromatic rings. The Bertz CT molecular complexity index is 942. The number of carbonyl (C=O) groups excluding carboxylic acids is 3. The number of primary amides is 1. The Labute approximate surface area is 185 Å². The lowest BCUT2D eigenvalue weighted by Gasteiger charge is -2.39. The molecule has 2 heterocycles. The number of rotatable bonds is 6. The van der Waals surface area contributed by atoms with Crippen LogP contribution in [0.4, 0.5) is 5.69 Å². The highest BCUT2D eigenvalue weighted by Gasteiger charge is 2.41. The van der Waals surface area contributed by atoms with Gasteiger partial charge < -0.3 is 26.1 Å². The van der Waals surface area contributed by atoms with Crippen LogP contribution in [-0.4, -0.2) is 38.6 Å². The summed E-state index contributed by atoms with van der Waals surface area (Å²) < 4.78 is 9.55. The number of nitrogens with one attached hydrogen (secondary N) is 1. The predicted octanol–water partition coefficient (Wildman–Crippen LogP) is 2.85. The second-order valence-corrected chi connectivity index (χ2v) is 9.57. The largest absolute Gasteiger partial charge is 0.467 e. The Morgan fingerprint density at radius 1 is 1.26 bits per heavy atom. The van der Waals surface area contributed by atoms with Gasteiger partial charge in [0, 0.05) is 11.6 Å². The quantitative estimate of drug-likeness (QED) is 0.621. The molecule has 0 spiro atoms. The number of carbonyl (C=O) groups is 3. The maximum absolute atomic E-state index is 13.8. The number of hydrogen-bond acceptors (Lipinski definition) is 7. The predicted molar refractivity (Wildman–Crippen MR) is 117 cm³/mol. The molecule has 10 heteroatoms. The molecule has 31 heavy (non-hydrogen) atoms. The molecule has 3 amide bonds. The molecule has 1 aliphatic carbocycles. The summed E-state index contributed by atoms with van der Waals surface area (Å²) >= 11 is 0.815. The molecule has 1 unspecified atom stereocenters. The van der Waals surface area contributed by atoms with Crippen molar-refractivity contribution >= 4 is 34.9 Å². The molecule has 0 bridgehead atoms. The van der Waals surface area contributed by atoms with Crippen LogP contribution in [0, 0.1) is 0 Å². The minimum absolute atomic E-state index is 0.0577. The highest BCUT2D eigenvalue weighted by atomic mass is 32.1. The van der Waals surface area contributed by atoms with E-state index in [0.717, 1.165) is 43.6 Å². The topological polar surface area (TPSA) is 145 Å². The highest BCUT2D eigenvalue weighted by Crippen LogP contribution is 2.35. The SMILES string of the molecule is CC(C)(C)NC(=O)C(c1ccco1)N(C(=O)c1snc(C(N)=O)c1N)C1CCCCC1. The van der Waals surface area contributed by atoms with Gasteiger partial charge in [0.2, 0.25) is 0 Å². The van der Waals surface area contributed by atoms with Crippen LogP contribution in [0.2, 0.25) is 0 Å². The number of hydrogen-bond donors (Lipinski definition) is 3. The fourth-order valence-electron chi connectivity index (χ4n) is 3.88. The lowest BCUT2D eigenvalue weighted by atomic mass is 9.92. The van der Waals surface area contributed by atoms with Crippen molar-refractivity contribution in [3.63, 3.8) is 0 Å². The van der Waals surface area contributed by atoms with Crippen LogP contribution in [0.1, 0.15) is 84.8 Å². The molecular formula is C21H29N5O4S. The number of aromatic nitrogens is 1. The van der Waals surface area contributed by atoms with Crippen molar-refractivity contribution in [2.24, 2.45) is 5.73 Å². The van der Waals surface area contributed by atoms with Crippen LogP contribution in [0.15, 0.2) is 22.8 Å². The van der Waals surface area contributed by atoms with Crippen molar-refractivity contribution < 1.29 is 18.8 Å². The van der Waals surface area contributed by atoms with Crippen molar-refractivity contribution in [3.8, 4) is 0 Å². The summed E-state index contributed by atoms with van der Waals surface area (Å²) in [6.45, 7) is 5.62. The van der Waals surface area contributed by atoms with Gasteiger partial charge in [-0.25, -0.2) is 0 Å². The molecule has 9 nitrogen and oxygen atoms in total. The summed E-state index contributed by atoms with van der Waals surface area (Å²) in [5.74, 6) is -1.25. The first-order valence-corrected chi connectivity index (χ1v) is 11.1. The normalized spacial score (nSPS) is 16.0. The number of nitrogens with two attached hydrogens (primary N) is 2. The van der Waals surface area contributed by atoms with E-state index in [9.17, 15) is 14.4 Å². The molecule has 1 atom stereocenters. The minimum Gasteiger partial charge on any atom is -0.467 e. The smallest absolute Gasteiger partial charge is 0.270 e. The Morgan fingerprint density at radius 3 is 2.45 bits per heavy atom. The van der Waals surface area contributed by atoms with Crippen molar-refractivity contribution in [1.82, 2.24) is 14.6 Å². The zero-order chi connectivity index (χ0) is 22.8. The Balaban J connectivity index is 2.08. The van der Waals surface area contributed by atoms with E-state index in [1.54, 1.807) is 17.0 Å². The van der Waals surface area contributed by atoms with Gasteiger partial charge in [-0.1, -0.05) is 19.3 Å². The molecule has 1 aliphatic rings. The third-order valence-electron chi connectivity index (χ3n) is 5.20. The summed E-state index contributed by atoms with van der Waals surface area (Å²) in [5, 5.41) is 2.96. The summed E-state index contributed by atoms with van der Waals surface area (Å²) in [7, 11) is 0. The monoisotopic (exact) mass is 447 g/mol. The molecule has 5 N–H and O–H groups in total. The lowest BCUT2D eigenvalue weighted by molar-refractivity contribution is -0.129. The van der Waals surface area contributed by atoms with Crippen LogP contribution in [0.3, 0.4) is 0 Å². The number of nitrogen functional groups attached to an aromatic ring is 1. The van der Waals surface area contributed by atoms with E-state index in [1.165, 1.54) is 6.26 Å². The van der Waals surface area contributed by atoms with Gasteiger partial charge >= 0.3 is 0 Å². The standard InChI is InChI=1S/C21H29N5O4S/c1-21(2,3)24-19(28)16(13-10-7-11-30-13)26(12-8-5-4-6-9-12)20(29)17-14(22)15(18(23)27)25-31-17/h7,10-12,16H,4-6,8-9,22H2,1-3H3,(H2,23,27)(H,24,28). The van der Waals surface area contributed by atoms with Crippen LogP contribution in [-0.2, 0) is 4.79 Å². The van der Waals surface area contributed by atoms with Gasteiger partial charge in [-0.15, -0.1) is 0 Å². The van der Waals surface area contributed by atoms with Crippen molar-refractivity contribution in [2.75, 3.05) is 5.73 Å². The molecule has 0 aromatic carbocycles. The van der Waals surface area contributed by atoms with E-state index in [-0.39, 0.29) is 28.2 Å². The van der Waals surface area contributed by atoms with Gasteiger partial charge in [0.1, 0.15) is 10.6 Å². The van der Waals surface area contributed by atoms with Gasteiger partial charge in [-0.2, -0.15) is 4.37 Å². The van der Waals surface area contributed by atoms with E-state index >= 15 is 0 Å². The summed E-state index contributed by atoms with van der Waals surface area (Å²) in [6.07, 6.45) is 5.96. The van der Waals surface area contributed by atoms with Gasteiger partial charge in [0.25, 0.3) is 17.7 Å². The van der Waals surface area contributed by atoms with Crippen molar-refractivity contribution in [1.29, 1.82) is 0 Å². The molecule has 1 fully saturated rings. The fourth-order valence-corrected chi connectivity index (χ4v) is 4.63. The van der Waals surface area contributed by atoms with E-state index in [0.29, 0.717) is 5.76 Å². The summed E-state index contributed by atoms with van der Waals surface area (Å²) in [4.78, 5) is 40.4. The van der Waals surface area contributed by atoms with Gasteiger partial charge in [0.05, 0.1) is 12.0 Å². The Hall–Kier alpha value is -2.88. The second-order valence-electron chi connectivity index (χ2n) is 8.80. The number of amides is 3. The Morgan fingerprint density at radius 2 is 1.94 bits per heavy atom. The van der Waals surface area contributed by atoms with E-state index in [4.69, 9.17) is 15.9 Å². The van der Waals surface area contributed by atoms with Gasteiger partial charge in [-0.3, -0.25) is 14.4 Å². The van der Waals surface area contributed by atoms with Crippen LogP contribution in [0.25, 0.3) is 0 Å². The van der Waals surface area contributed by atoms with Crippen molar-refractivity contribution in [2.45, 2.75) is 70.5 Å². The lowest BCUT2D eigenvalue weighted by Crippen LogP contribution is -2.52. The van der Waals surface area contributed by atoms with Gasteiger partial charge in [-0.05, 0) is 57.3 Å². The fraction of sp³-hybridized carbons (Fsp3) is 0.524. The molecule has 1 saturated carbocycles. The van der Waals surface area contributed by atoms with E-state index in [2.05, 4.69) is 9.69 Å². The molecular weight excluding hydrogens is 418 g/mol. The maximum Gasteiger partial charge on any atom is 0.270 e. The second kappa shape index (κ2) is 9.09. The van der Waals surface area contributed by atoms with Crippen LogP contribution < -0.4 is 16.8 Å². The average Bonchev–Trinajstić information content (AvgIpc) is 3.34. The van der Waals surface area contributed by atoms with E-state index < -0.39 is 23.4 Å². The molecule has 0 saturated heterocycles. The third kappa shape index (κ3) is 5.07. The zero-order valence-electron chi connectivity index (χ0n) is 18.0. The van der Waals surface area contributed by atoms with E-state index in [1.807, 2.05) is 20.8 Å². The molecule has 0 radical (unpaired) electrons. The number of anilines is 1. The average molecular weight is 448 g/mol. The number of furan rings is 1. The molecule has 0 aliphatic heterocycles. The first-order chi connectivity index (χ1) is 14.6.